The number of hydrogen-bond acceptors (Lipinski definition) is 3. The maximum absolute atomic E-state index is 11.6. The first-order valence-corrected chi connectivity index (χ1v) is 6.77. The molecule has 2 fully saturated rings. The van der Waals surface area contributed by atoms with Gasteiger partial charge in [-0.15, -0.1) is 0 Å². The van der Waals surface area contributed by atoms with Gasteiger partial charge in [-0.1, -0.05) is 13.3 Å². The molecule has 1 unspecified atom stereocenters. The second kappa shape index (κ2) is 5.78. The van der Waals surface area contributed by atoms with Crippen LogP contribution in [0.2, 0.25) is 0 Å². The Morgan fingerprint density at radius 3 is 2.94 bits per heavy atom. The van der Waals surface area contributed by atoms with E-state index in [4.69, 9.17) is 0 Å². The van der Waals surface area contributed by atoms with Gasteiger partial charge in [-0.25, -0.2) is 0 Å². The fraction of sp³-hybridized carbons (Fsp3) is 0.923. The fourth-order valence-electron chi connectivity index (χ4n) is 2.97. The summed E-state index contributed by atoms with van der Waals surface area (Å²) in [5.74, 6) is 0.423. The predicted octanol–water partition coefficient (Wildman–Crippen LogP) is 1.53. The fourth-order valence-corrected chi connectivity index (χ4v) is 2.97. The van der Waals surface area contributed by atoms with E-state index in [1.165, 1.54) is 32.4 Å². The van der Waals surface area contributed by atoms with Crippen LogP contribution >= 0.6 is 0 Å². The van der Waals surface area contributed by atoms with Gasteiger partial charge in [-0.3, -0.25) is 14.6 Å². The van der Waals surface area contributed by atoms with Crippen molar-refractivity contribution in [2.45, 2.75) is 45.1 Å². The highest BCUT2D eigenvalue weighted by atomic mass is 16.1. The molecule has 2 aliphatic rings. The Hall–Kier alpha value is -0.410. The lowest BCUT2D eigenvalue weighted by molar-refractivity contribution is -0.121. The predicted molar refractivity (Wildman–Crippen MR) is 65.6 cm³/mol. The summed E-state index contributed by atoms with van der Waals surface area (Å²) in [6, 6.07) is 0.733. The molecular formula is C13H24N2O. The first kappa shape index (κ1) is 12.1. The van der Waals surface area contributed by atoms with Crippen molar-refractivity contribution in [1.82, 2.24) is 9.80 Å². The first-order valence-electron chi connectivity index (χ1n) is 6.77. The van der Waals surface area contributed by atoms with Crippen LogP contribution in [0.5, 0.6) is 0 Å². The molecular weight excluding hydrogens is 200 g/mol. The van der Waals surface area contributed by atoms with Crippen molar-refractivity contribution >= 4 is 5.78 Å². The molecule has 1 atom stereocenters. The SMILES string of the molecule is CCCC(=O)CN1CCN2CCCCC2C1. The van der Waals surface area contributed by atoms with Crippen LogP contribution in [0.1, 0.15) is 39.0 Å². The number of hydrogen-bond donors (Lipinski definition) is 0. The molecule has 0 radical (unpaired) electrons. The number of carbonyl (C=O) groups excluding carboxylic acids is 1. The third-order valence-corrected chi connectivity index (χ3v) is 3.85. The molecule has 3 nitrogen and oxygen atoms in total. The molecule has 0 aromatic heterocycles. The molecule has 0 aliphatic carbocycles. The van der Waals surface area contributed by atoms with Crippen LogP contribution in [0.3, 0.4) is 0 Å². The van der Waals surface area contributed by atoms with Gasteiger partial charge >= 0.3 is 0 Å². The van der Waals surface area contributed by atoms with E-state index in [1.54, 1.807) is 0 Å². The molecule has 0 N–H and O–H groups in total. The molecule has 2 aliphatic heterocycles. The number of ketones is 1. The van der Waals surface area contributed by atoms with Gasteiger partial charge in [-0.05, 0) is 25.8 Å². The monoisotopic (exact) mass is 224 g/mol. The minimum Gasteiger partial charge on any atom is -0.298 e. The molecule has 2 rings (SSSR count). The summed E-state index contributed by atoms with van der Waals surface area (Å²) >= 11 is 0. The van der Waals surface area contributed by atoms with Gasteiger partial charge in [0, 0.05) is 32.1 Å². The maximum atomic E-state index is 11.6. The molecule has 2 heterocycles. The van der Waals surface area contributed by atoms with Gasteiger partial charge in [0.15, 0.2) is 0 Å². The van der Waals surface area contributed by atoms with Crippen LogP contribution in [0.25, 0.3) is 0 Å². The summed E-state index contributed by atoms with van der Waals surface area (Å²) in [5.41, 5.74) is 0. The minimum atomic E-state index is 0.423. The number of carbonyl (C=O) groups is 1. The van der Waals surface area contributed by atoms with Gasteiger partial charge in [0.2, 0.25) is 0 Å². The Balaban J connectivity index is 1.78. The molecule has 0 spiro atoms. The quantitative estimate of drug-likeness (QED) is 0.723. The lowest BCUT2D eigenvalue weighted by Gasteiger charge is -2.43. The van der Waals surface area contributed by atoms with Crippen molar-refractivity contribution in [1.29, 1.82) is 0 Å². The van der Waals surface area contributed by atoms with E-state index in [9.17, 15) is 4.79 Å². The standard InChI is InChI=1S/C13H24N2O/c1-2-5-13(16)11-14-8-9-15-7-4-3-6-12(15)10-14/h12H,2-11H2,1H3. The summed E-state index contributed by atoms with van der Waals surface area (Å²) < 4.78 is 0. The molecule has 0 bridgehead atoms. The third kappa shape index (κ3) is 3.05. The van der Waals surface area contributed by atoms with Crippen LogP contribution < -0.4 is 0 Å². The van der Waals surface area contributed by atoms with E-state index >= 15 is 0 Å². The number of Topliss-reactive ketones (excluding diaryl/α,β-unsaturated/α-hetero) is 1. The minimum absolute atomic E-state index is 0.423. The van der Waals surface area contributed by atoms with Crippen LogP contribution in [0.4, 0.5) is 0 Å². The highest BCUT2D eigenvalue weighted by Gasteiger charge is 2.29. The topological polar surface area (TPSA) is 23.6 Å². The number of piperazine rings is 1. The van der Waals surface area contributed by atoms with Gasteiger partial charge in [0.1, 0.15) is 5.78 Å². The van der Waals surface area contributed by atoms with E-state index in [0.717, 1.165) is 32.0 Å². The first-order chi connectivity index (χ1) is 7.79. The van der Waals surface area contributed by atoms with E-state index in [1.807, 2.05) is 0 Å². The van der Waals surface area contributed by atoms with Crippen LogP contribution in [0, 0.1) is 0 Å². The summed E-state index contributed by atoms with van der Waals surface area (Å²) in [6.45, 7) is 7.43. The maximum Gasteiger partial charge on any atom is 0.146 e. The lowest BCUT2D eigenvalue weighted by Crippen LogP contribution is -2.55. The average molecular weight is 224 g/mol. The van der Waals surface area contributed by atoms with Crippen molar-refractivity contribution < 1.29 is 4.79 Å². The average Bonchev–Trinajstić information content (AvgIpc) is 2.29. The largest absolute Gasteiger partial charge is 0.298 e. The highest BCUT2D eigenvalue weighted by molar-refractivity contribution is 5.80. The Morgan fingerprint density at radius 2 is 2.12 bits per heavy atom. The van der Waals surface area contributed by atoms with Gasteiger partial charge < -0.3 is 0 Å². The second-order valence-electron chi connectivity index (χ2n) is 5.21. The molecule has 0 saturated carbocycles. The Bertz CT molecular complexity index is 242. The molecule has 0 aromatic carbocycles. The molecule has 0 aromatic rings. The highest BCUT2D eigenvalue weighted by Crippen LogP contribution is 2.20. The van der Waals surface area contributed by atoms with Crippen LogP contribution in [-0.2, 0) is 4.79 Å². The molecule has 2 saturated heterocycles. The van der Waals surface area contributed by atoms with E-state index < -0.39 is 0 Å². The zero-order valence-electron chi connectivity index (χ0n) is 10.5. The summed E-state index contributed by atoms with van der Waals surface area (Å²) in [4.78, 5) is 16.6. The van der Waals surface area contributed by atoms with Crippen LogP contribution in [0.15, 0.2) is 0 Å². The van der Waals surface area contributed by atoms with E-state index in [2.05, 4.69) is 16.7 Å². The summed E-state index contributed by atoms with van der Waals surface area (Å²) in [5, 5.41) is 0. The summed E-state index contributed by atoms with van der Waals surface area (Å²) in [6.07, 6.45) is 5.81. The van der Waals surface area contributed by atoms with E-state index in [0.29, 0.717) is 12.3 Å². The number of rotatable bonds is 4. The lowest BCUT2D eigenvalue weighted by atomic mass is 9.99. The number of fused-ring (bicyclic) bond motifs is 1. The Kier molecular flexibility index (Phi) is 4.36. The van der Waals surface area contributed by atoms with Gasteiger partial charge in [-0.2, -0.15) is 0 Å². The molecule has 92 valence electrons. The van der Waals surface area contributed by atoms with Gasteiger partial charge in [0.05, 0.1) is 6.54 Å². The smallest absolute Gasteiger partial charge is 0.146 e. The number of nitrogens with zero attached hydrogens (tertiary/aromatic N) is 2. The summed E-state index contributed by atoms with van der Waals surface area (Å²) in [7, 11) is 0. The van der Waals surface area contributed by atoms with Crippen molar-refractivity contribution in [2.24, 2.45) is 0 Å². The van der Waals surface area contributed by atoms with Crippen molar-refractivity contribution in [3.8, 4) is 0 Å². The molecule has 16 heavy (non-hydrogen) atoms. The van der Waals surface area contributed by atoms with Gasteiger partial charge in [0.25, 0.3) is 0 Å². The zero-order valence-corrected chi connectivity index (χ0v) is 10.5. The third-order valence-electron chi connectivity index (χ3n) is 3.85. The second-order valence-corrected chi connectivity index (χ2v) is 5.21. The Labute approximate surface area is 98.8 Å². The molecule has 0 amide bonds. The van der Waals surface area contributed by atoms with Crippen molar-refractivity contribution in [3.63, 3.8) is 0 Å². The van der Waals surface area contributed by atoms with Crippen molar-refractivity contribution in [2.75, 3.05) is 32.7 Å². The molecule has 3 heteroatoms. The van der Waals surface area contributed by atoms with E-state index in [-0.39, 0.29) is 0 Å². The normalized spacial score (nSPS) is 27.7. The zero-order chi connectivity index (χ0) is 11.4. The van der Waals surface area contributed by atoms with Crippen molar-refractivity contribution in [3.05, 3.63) is 0 Å². The number of piperidine rings is 1. The Morgan fingerprint density at radius 1 is 1.25 bits per heavy atom. The van der Waals surface area contributed by atoms with Crippen LogP contribution in [-0.4, -0.2) is 54.3 Å².